The molecule has 0 spiro atoms. The lowest BCUT2D eigenvalue weighted by Crippen LogP contribution is -1.76. The van der Waals surface area contributed by atoms with Crippen molar-refractivity contribution >= 4 is 15.9 Å². The van der Waals surface area contributed by atoms with E-state index in [1.54, 1.807) is 0 Å². The van der Waals surface area contributed by atoms with Crippen LogP contribution in [-0.2, 0) is 0 Å². The van der Waals surface area contributed by atoms with Crippen molar-refractivity contribution in [2.75, 3.05) is 5.33 Å². The minimum absolute atomic E-state index is 0.966. The van der Waals surface area contributed by atoms with Gasteiger partial charge in [0, 0.05) is 5.33 Å². The van der Waals surface area contributed by atoms with Crippen LogP contribution in [0.4, 0.5) is 0 Å². The highest BCUT2D eigenvalue weighted by Crippen LogP contribution is 2.06. The van der Waals surface area contributed by atoms with Crippen LogP contribution in [0.1, 0.15) is 26.7 Å². The Hall–Kier alpha value is -0.0400. The summed E-state index contributed by atoms with van der Waals surface area (Å²) in [6, 6.07) is 0. The summed E-state index contributed by atoms with van der Waals surface area (Å²) in [6.45, 7) is 4.29. The predicted molar refractivity (Wildman–Crippen MR) is 51.6 cm³/mol. The topological polar surface area (TPSA) is 0 Å². The lowest BCUT2D eigenvalue weighted by molar-refractivity contribution is 1.02. The molecule has 0 aromatic rings. The van der Waals surface area contributed by atoms with Crippen LogP contribution in [0.2, 0.25) is 0 Å². The minimum Gasteiger partial charge on any atom is -0.0883 e. The van der Waals surface area contributed by atoms with Crippen LogP contribution in [0.25, 0.3) is 0 Å². The van der Waals surface area contributed by atoms with Crippen molar-refractivity contribution in [1.29, 1.82) is 0 Å². The van der Waals surface area contributed by atoms with Crippen LogP contribution in [-0.4, -0.2) is 5.33 Å². The highest BCUT2D eigenvalue weighted by molar-refractivity contribution is 9.09. The monoisotopic (exact) mass is 202 g/mol. The van der Waals surface area contributed by atoms with Crippen molar-refractivity contribution in [3.63, 3.8) is 0 Å². The molecule has 0 heterocycles. The van der Waals surface area contributed by atoms with Gasteiger partial charge in [-0.05, 0) is 19.8 Å². The maximum atomic E-state index is 3.34. The van der Waals surface area contributed by atoms with Gasteiger partial charge in [0.25, 0.3) is 0 Å². The SMILES string of the molecule is C/C=C(/CC)C/C=C\CBr. The number of rotatable bonds is 4. The third-order valence-corrected chi connectivity index (χ3v) is 1.87. The van der Waals surface area contributed by atoms with Gasteiger partial charge in [-0.1, -0.05) is 46.7 Å². The van der Waals surface area contributed by atoms with Gasteiger partial charge in [-0.25, -0.2) is 0 Å². The minimum atomic E-state index is 0.966. The van der Waals surface area contributed by atoms with Crippen molar-refractivity contribution < 1.29 is 0 Å². The first kappa shape index (κ1) is 9.96. The summed E-state index contributed by atoms with van der Waals surface area (Å²) in [5.74, 6) is 0. The van der Waals surface area contributed by atoms with E-state index in [0.29, 0.717) is 0 Å². The van der Waals surface area contributed by atoms with Gasteiger partial charge >= 0.3 is 0 Å². The average molecular weight is 203 g/mol. The van der Waals surface area contributed by atoms with Gasteiger partial charge in [0.1, 0.15) is 0 Å². The van der Waals surface area contributed by atoms with Crippen LogP contribution in [0, 0.1) is 0 Å². The van der Waals surface area contributed by atoms with Crippen LogP contribution >= 0.6 is 15.9 Å². The van der Waals surface area contributed by atoms with E-state index in [1.807, 2.05) is 0 Å². The van der Waals surface area contributed by atoms with Gasteiger partial charge in [-0.3, -0.25) is 0 Å². The fourth-order valence-electron chi connectivity index (χ4n) is 0.764. The van der Waals surface area contributed by atoms with Crippen LogP contribution in [0.3, 0.4) is 0 Å². The van der Waals surface area contributed by atoms with Crippen LogP contribution in [0.15, 0.2) is 23.8 Å². The summed E-state index contributed by atoms with van der Waals surface area (Å²) in [6.07, 6.45) is 8.81. The molecule has 0 saturated heterocycles. The van der Waals surface area contributed by atoms with E-state index in [2.05, 4.69) is 48.0 Å². The lowest BCUT2D eigenvalue weighted by atomic mass is 10.1. The Morgan fingerprint density at radius 3 is 2.50 bits per heavy atom. The molecule has 0 aromatic heterocycles. The molecule has 10 heavy (non-hydrogen) atoms. The molecule has 0 aliphatic heterocycles. The molecule has 0 atom stereocenters. The largest absolute Gasteiger partial charge is 0.0883 e. The molecular formula is C9H15Br. The van der Waals surface area contributed by atoms with Crippen molar-refractivity contribution in [2.45, 2.75) is 26.7 Å². The standard InChI is InChI=1S/C9H15Br/c1-3-9(4-2)7-5-6-8-10/h3,5-6H,4,7-8H2,1-2H3/b6-5-,9-3-. The first-order valence-electron chi connectivity index (χ1n) is 3.70. The summed E-state index contributed by atoms with van der Waals surface area (Å²) >= 11 is 3.34. The van der Waals surface area contributed by atoms with Gasteiger partial charge < -0.3 is 0 Å². The second kappa shape index (κ2) is 7.07. The molecule has 0 rings (SSSR count). The zero-order valence-electron chi connectivity index (χ0n) is 6.73. The lowest BCUT2D eigenvalue weighted by Gasteiger charge is -1.96. The van der Waals surface area contributed by atoms with Gasteiger partial charge in [0.05, 0.1) is 0 Å². The molecule has 0 aliphatic rings. The van der Waals surface area contributed by atoms with E-state index in [1.165, 1.54) is 12.0 Å². The molecule has 0 aliphatic carbocycles. The molecule has 58 valence electrons. The highest BCUT2D eigenvalue weighted by Gasteiger charge is 1.86. The van der Waals surface area contributed by atoms with Crippen LogP contribution in [0.5, 0.6) is 0 Å². The maximum absolute atomic E-state index is 3.34. The predicted octanol–water partition coefficient (Wildman–Crippen LogP) is 3.68. The smallest absolute Gasteiger partial charge is 0.0212 e. The van der Waals surface area contributed by atoms with Gasteiger partial charge in [0.15, 0.2) is 0 Å². The number of hydrogen-bond acceptors (Lipinski definition) is 0. The zero-order chi connectivity index (χ0) is 7.82. The average Bonchev–Trinajstić information content (AvgIpc) is 1.99. The van der Waals surface area contributed by atoms with E-state index in [4.69, 9.17) is 0 Å². The summed E-state index contributed by atoms with van der Waals surface area (Å²) in [4.78, 5) is 0. The van der Waals surface area contributed by atoms with Gasteiger partial charge in [0.2, 0.25) is 0 Å². The Kier molecular flexibility index (Phi) is 7.04. The Morgan fingerprint density at radius 1 is 1.40 bits per heavy atom. The maximum Gasteiger partial charge on any atom is 0.0212 e. The Bertz CT molecular complexity index is 123. The molecule has 0 amide bonds. The fraction of sp³-hybridized carbons (Fsp3) is 0.556. The number of allylic oxidation sites excluding steroid dienone is 4. The van der Waals surface area contributed by atoms with E-state index in [0.717, 1.165) is 11.8 Å². The molecule has 0 fully saturated rings. The molecule has 0 saturated carbocycles. The number of halogens is 1. The first-order chi connectivity index (χ1) is 4.85. The Balaban J connectivity index is 3.55. The third kappa shape index (κ3) is 4.80. The molecule has 0 nitrogen and oxygen atoms in total. The van der Waals surface area contributed by atoms with E-state index in [9.17, 15) is 0 Å². The molecule has 1 heteroatoms. The number of hydrogen-bond donors (Lipinski definition) is 0. The summed E-state index contributed by atoms with van der Waals surface area (Å²) in [5.41, 5.74) is 1.51. The van der Waals surface area contributed by atoms with Crippen molar-refractivity contribution in [3.05, 3.63) is 23.8 Å². The van der Waals surface area contributed by atoms with Crippen molar-refractivity contribution in [1.82, 2.24) is 0 Å². The third-order valence-electron chi connectivity index (χ3n) is 1.50. The first-order valence-corrected chi connectivity index (χ1v) is 4.82. The van der Waals surface area contributed by atoms with Gasteiger partial charge in [-0.15, -0.1) is 0 Å². The van der Waals surface area contributed by atoms with Crippen LogP contribution < -0.4 is 0 Å². The quantitative estimate of drug-likeness (QED) is 0.483. The Morgan fingerprint density at radius 2 is 2.10 bits per heavy atom. The second-order valence-electron chi connectivity index (χ2n) is 2.13. The highest BCUT2D eigenvalue weighted by atomic mass is 79.9. The summed E-state index contributed by atoms with van der Waals surface area (Å²) in [5, 5.41) is 0.966. The molecule has 0 unspecified atom stereocenters. The van der Waals surface area contributed by atoms with Crippen molar-refractivity contribution in [2.24, 2.45) is 0 Å². The van der Waals surface area contributed by atoms with Crippen molar-refractivity contribution in [3.8, 4) is 0 Å². The Labute approximate surface area is 72.1 Å². The normalized spacial score (nSPS) is 12.9. The molecule has 0 radical (unpaired) electrons. The zero-order valence-corrected chi connectivity index (χ0v) is 8.32. The molecule has 0 bridgehead atoms. The summed E-state index contributed by atoms with van der Waals surface area (Å²) < 4.78 is 0. The number of alkyl halides is 1. The molecular weight excluding hydrogens is 188 g/mol. The van der Waals surface area contributed by atoms with E-state index >= 15 is 0 Å². The summed E-state index contributed by atoms with van der Waals surface area (Å²) in [7, 11) is 0. The molecule has 0 aromatic carbocycles. The van der Waals surface area contributed by atoms with Gasteiger partial charge in [-0.2, -0.15) is 0 Å². The van der Waals surface area contributed by atoms with E-state index < -0.39 is 0 Å². The second-order valence-corrected chi connectivity index (χ2v) is 2.78. The van der Waals surface area contributed by atoms with E-state index in [-0.39, 0.29) is 0 Å². The molecule has 0 N–H and O–H groups in total. The fourth-order valence-corrected chi connectivity index (χ4v) is 1.03.